The number of hydrogen-bond acceptors (Lipinski definition) is 4. The van der Waals surface area contributed by atoms with Gasteiger partial charge in [0.1, 0.15) is 0 Å². The summed E-state index contributed by atoms with van der Waals surface area (Å²) in [5, 5.41) is 14.8. The van der Waals surface area contributed by atoms with Gasteiger partial charge >= 0.3 is 0 Å². The van der Waals surface area contributed by atoms with Crippen LogP contribution in [-0.2, 0) is 7.05 Å². The maximum Gasteiger partial charge on any atom is 0.274 e. The number of aliphatic hydroxyl groups is 1. The number of anilines is 1. The van der Waals surface area contributed by atoms with Crippen molar-refractivity contribution >= 4 is 11.6 Å². The van der Waals surface area contributed by atoms with Crippen LogP contribution in [0.1, 0.15) is 10.5 Å². The fourth-order valence-corrected chi connectivity index (χ4v) is 0.936. The van der Waals surface area contributed by atoms with Crippen molar-refractivity contribution in [3.63, 3.8) is 0 Å². The maximum atomic E-state index is 11.3. The molecule has 72 valence electrons. The van der Waals surface area contributed by atoms with Crippen LogP contribution in [-0.4, -0.2) is 33.9 Å². The number of carbonyl (C=O) groups excluding carboxylic acids is 1. The van der Waals surface area contributed by atoms with Gasteiger partial charge in [-0.1, -0.05) is 0 Å². The molecule has 0 saturated carbocycles. The molecule has 0 bridgehead atoms. The first-order valence-corrected chi connectivity index (χ1v) is 3.83. The van der Waals surface area contributed by atoms with Crippen LogP contribution in [0.5, 0.6) is 0 Å². The molecule has 1 rings (SSSR count). The van der Waals surface area contributed by atoms with E-state index in [-0.39, 0.29) is 24.8 Å². The summed E-state index contributed by atoms with van der Waals surface area (Å²) < 4.78 is 1.46. The summed E-state index contributed by atoms with van der Waals surface area (Å²) >= 11 is 0. The Bertz CT molecular complexity index is 307. The summed E-state index contributed by atoms with van der Waals surface area (Å²) in [4.78, 5) is 11.3. The van der Waals surface area contributed by atoms with Crippen molar-refractivity contribution in [3.05, 3.63) is 11.9 Å². The highest BCUT2D eigenvalue weighted by Crippen LogP contribution is 2.06. The lowest BCUT2D eigenvalue weighted by atomic mass is 10.3. The van der Waals surface area contributed by atoms with Gasteiger partial charge in [-0.15, -0.1) is 0 Å². The third-order valence-corrected chi connectivity index (χ3v) is 1.47. The molecule has 0 aliphatic rings. The number of amides is 1. The number of nitrogens with one attached hydrogen (secondary N) is 1. The van der Waals surface area contributed by atoms with Crippen LogP contribution < -0.4 is 11.1 Å². The monoisotopic (exact) mass is 184 g/mol. The summed E-state index contributed by atoms with van der Waals surface area (Å²) in [5.74, 6) is -0.368. The molecule has 0 fully saturated rings. The molecule has 1 heterocycles. The van der Waals surface area contributed by atoms with Gasteiger partial charge in [0, 0.05) is 19.8 Å². The highest BCUT2D eigenvalue weighted by Gasteiger charge is 2.12. The number of aliphatic hydroxyl groups excluding tert-OH is 1. The third kappa shape index (κ3) is 2.19. The number of carbonyl (C=O) groups is 1. The van der Waals surface area contributed by atoms with E-state index in [4.69, 9.17) is 10.8 Å². The number of aryl methyl sites for hydroxylation is 1. The summed E-state index contributed by atoms with van der Waals surface area (Å²) in [6.45, 7) is 0.104. The van der Waals surface area contributed by atoms with E-state index in [0.717, 1.165) is 0 Å². The van der Waals surface area contributed by atoms with Crippen LogP contribution in [0, 0.1) is 0 Å². The summed E-state index contributed by atoms with van der Waals surface area (Å²) in [7, 11) is 1.68. The number of rotatable bonds is 3. The van der Waals surface area contributed by atoms with Crippen LogP contribution in [0.25, 0.3) is 0 Å². The molecule has 13 heavy (non-hydrogen) atoms. The van der Waals surface area contributed by atoms with Crippen molar-refractivity contribution in [3.8, 4) is 0 Å². The number of nitrogens with two attached hydrogens (primary N) is 1. The van der Waals surface area contributed by atoms with Crippen molar-refractivity contribution in [1.29, 1.82) is 0 Å². The van der Waals surface area contributed by atoms with Crippen LogP contribution in [0.2, 0.25) is 0 Å². The van der Waals surface area contributed by atoms with Crippen molar-refractivity contribution in [2.45, 2.75) is 0 Å². The van der Waals surface area contributed by atoms with Gasteiger partial charge in [0.2, 0.25) is 0 Å². The highest BCUT2D eigenvalue weighted by atomic mass is 16.3. The van der Waals surface area contributed by atoms with E-state index in [1.807, 2.05) is 0 Å². The molecule has 6 heteroatoms. The molecule has 1 aromatic heterocycles. The lowest BCUT2D eigenvalue weighted by molar-refractivity contribution is 0.0940. The predicted molar refractivity (Wildman–Crippen MR) is 47.0 cm³/mol. The lowest BCUT2D eigenvalue weighted by Gasteiger charge is -1.99. The predicted octanol–water partition coefficient (Wildman–Crippen LogP) is -1.28. The molecule has 1 amide bonds. The average Bonchev–Trinajstić information content (AvgIpc) is 2.41. The van der Waals surface area contributed by atoms with Crippen LogP contribution in [0.15, 0.2) is 6.20 Å². The van der Waals surface area contributed by atoms with Crippen LogP contribution >= 0.6 is 0 Å². The molecule has 1 aromatic rings. The number of nitrogen functional groups attached to an aromatic ring is 1. The van der Waals surface area contributed by atoms with Gasteiger partial charge in [-0.3, -0.25) is 9.48 Å². The minimum Gasteiger partial charge on any atom is -0.396 e. The Morgan fingerprint density at radius 3 is 3.00 bits per heavy atom. The van der Waals surface area contributed by atoms with Gasteiger partial charge in [-0.05, 0) is 0 Å². The first kappa shape index (κ1) is 9.53. The molecule has 4 N–H and O–H groups in total. The molecule has 0 atom stereocenters. The molecular formula is C7H12N4O2. The van der Waals surface area contributed by atoms with E-state index in [1.165, 1.54) is 4.68 Å². The van der Waals surface area contributed by atoms with Crippen molar-refractivity contribution < 1.29 is 9.90 Å². The fourth-order valence-electron chi connectivity index (χ4n) is 0.936. The second-order valence-corrected chi connectivity index (χ2v) is 2.59. The molecule has 0 aromatic carbocycles. The maximum absolute atomic E-state index is 11.3. The van der Waals surface area contributed by atoms with E-state index in [9.17, 15) is 4.79 Å². The molecule has 0 saturated heterocycles. The molecule has 0 unspecified atom stereocenters. The molecule has 6 nitrogen and oxygen atoms in total. The Morgan fingerprint density at radius 1 is 1.85 bits per heavy atom. The van der Waals surface area contributed by atoms with Crippen LogP contribution in [0.4, 0.5) is 5.69 Å². The van der Waals surface area contributed by atoms with E-state index in [0.29, 0.717) is 5.69 Å². The molecule has 0 spiro atoms. The van der Waals surface area contributed by atoms with Gasteiger partial charge in [-0.2, -0.15) is 5.10 Å². The first-order valence-electron chi connectivity index (χ1n) is 3.83. The zero-order valence-corrected chi connectivity index (χ0v) is 7.32. The topological polar surface area (TPSA) is 93.2 Å². The largest absolute Gasteiger partial charge is 0.396 e. The molecular weight excluding hydrogens is 172 g/mol. The smallest absolute Gasteiger partial charge is 0.274 e. The van der Waals surface area contributed by atoms with Crippen molar-refractivity contribution in [2.24, 2.45) is 7.05 Å². The molecule has 0 radical (unpaired) electrons. The van der Waals surface area contributed by atoms with Gasteiger partial charge in [0.05, 0.1) is 12.3 Å². The van der Waals surface area contributed by atoms with Crippen LogP contribution in [0.3, 0.4) is 0 Å². The van der Waals surface area contributed by atoms with Gasteiger partial charge in [0.15, 0.2) is 5.69 Å². The zero-order valence-electron chi connectivity index (χ0n) is 7.32. The van der Waals surface area contributed by atoms with E-state index in [1.54, 1.807) is 13.2 Å². The van der Waals surface area contributed by atoms with Gasteiger partial charge in [0.25, 0.3) is 5.91 Å². The quantitative estimate of drug-likeness (QED) is 0.545. The summed E-state index contributed by atoms with van der Waals surface area (Å²) in [5.41, 5.74) is 6.03. The second kappa shape index (κ2) is 3.90. The average molecular weight is 184 g/mol. The SMILES string of the molecule is Cn1cc(N)c(C(=O)NCCO)n1. The van der Waals surface area contributed by atoms with E-state index < -0.39 is 0 Å². The Balaban J connectivity index is 2.70. The van der Waals surface area contributed by atoms with Gasteiger partial charge < -0.3 is 16.2 Å². The van der Waals surface area contributed by atoms with Crippen molar-refractivity contribution in [1.82, 2.24) is 15.1 Å². The van der Waals surface area contributed by atoms with Gasteiger partial charge in [-0.25, -0.2) is 0 Å². The molecule has 0 aliphatic carbocycles. The van der Waals surface area contributed by atoms with E-state index in [2.05, 4.69) is 10.4 Å². The highest BCUT2D eigenvalue weighted by molar-refractivity contribution is 5.96. The normalized spacial score (nSPS) is 10.0. The minimum absolute atomic E-state index is 0.0987. The fraction of sp³-hybridized carbons (Fsp3) is 0.429. The Kier molecular flexibility index (Phi) is 2.86. The Morgan fingerprint density at radius 2 is 2.54 bits per heavy atom. The second-order valence-electron chi connectivity index (χ2n) is 2.59. The number of hydrogen-bond donors (Lipinski definition) is 3. The summed E-state index contributed by atoms with van der Waals surface area (Å²) in [6, 6.07) is 0. The van der Waals surface area contributed by atoms with Crippen molar-refractivity contribution in [2.75, 3.05) is 18.9 Å². The Labute approximate surface area is 75.3 Å². The minimum atomic E-state index is -0.368. The number of aromatic nitrogens is 2. The number of nitrogens with zero attached hydrogens (tertiary/aromatic N) is 2. The third-order valence-electron chi connectivity index (χ3n) is 1.47. The summed E-state index contributed by atoms with van der Waals surface area (Å²) in [6.07, 6.45) is 1.55. The zero-order chi connectivity index (χ0) is 9.84. The lowest BCUT2D eigenvalue weighted by Crippen LogP contribution is -2.27. The standard InChI is InChI=1S/C7H12N4O2/c1-11-4-5(8)6(10-11)7(13)9-2-3-12/h4,12H,2-3,8H2,1H3,(H,9,13). The molecule has 0 aliphatic heterocycles. The Hall–Kier alpha value is -1.56. The first-order chi connectivity index (χ1) is 6.15. The van der Waals surface area contributed by atoms with E-state index >= 15 is 0 Å².